The fraction of sp³-hybridized carbons (Fsp3) is 0.533. The van der Waals surface area contributed by atoms with Crippen LogP contribution in [0.25, 0.3) is 0 Å². The van der Waals surface area contributed by atoms with E-state index in [4.69, 9.17) is 0 Å². The van der Waals surface area contributed by atoms with Gasteiger partial charge in [0.05, 0.1) is 4.90 Å². The molecule has 0 atom stereocenters. The van der Waals surface area contributed by atoms with Gasteiger partial charge in [0.2, 0.25) is 5.54 Å². The van der Waals surface area contributed by atoms with E-state index >= 15 is 0 Å². The van der Waals surface area contributed by atoms with Crippen molar-refractivity contribution in [1.29, 1.82) is 0 Å². The number of hydrogen-bond acceptors (Lipinski definition) is 3. The van der Waals surface area contributed by atoms with E-state index in [9.17, 15) is 39.6 Å². The van der Waals surface area contributed by atoms with Crippen molar-refractivity contribution in [2.24, 2.45) is 0 Å². The average Bonchev–Trinajstić information content (AvgIpc) is 2.55. The van der Waals surface area contributed by atoms with E-state index in [1.807, 2.05) is 13.8 Å². The topological polar surface area (TPSA) is 87.3 Å². The van der Waals surface area contributed by atoms with E-state index < -0.39 is 40.4 Å². The zero-order valence-electron chi connectivity index (χ0n) is 15.0. The van der Waals surface area contributed by atoms with Gasteiger partial charge in [0.1, 0.15) is 0 Å². The van der Waals surface area contributed by atoms with Crippen LogP contribution in [0.3, 0.4) is 0 Å². The van der Waals surface area contributed by atoms with E-state index in [2.05, 4.69) is 0 Å². The molecule has 0 aromatic heterocycles. The van der Waals surface area contributed by atoms with Crippen molar-refractivity contribution in [3.63, 3.8) is 0 Å². The van der Waals surface area contributed by atoms with Gasteiger partial charge in [-0.15, -0.1) is 4.83 Å². The van der Waals surface area contributed by atoms with Crippen LogP contribution in [0.5, 0.6) is 0 Å². The van der Waals surface area contributed by atoms with Gasteiger partial charge in [-0.3, -0.25) is 5.43 Å². The molecule has 0 radical (unpaired) electrons. The molecule has 1 aromatic rings. The van der Waals surface area contributed by atoms with Gasteiger partial charge < -0.3 is 5.32 Å². The van der Waals surface area contributed by atoms with E-state index in [1.165, 1.54) is 34.5 Å². The number of nitrogens with one attached hydrogen (secondary N) is 3. The molecular weight excluding hydrogens is 416 g/mol. The Labute approximate surface area is 157 Å². The Bertz CT molecular complexity index is 775. The van der Waals surface area contributed by atoms with Crippen LogP contribution in [0.1, 0.15) is 38.7 Å². The smallest absolute Gasteiger partial charge is 0.315 e. The van der Waals surface area contributed by atoms with Crippen LogP contribution in [-0.4, -0.2) is 32.3 Å². The Kier molecular flexibility index (Phi) is 6.99. The van der Waals surface area contributed by atoms with Gasteiger partial charge in [0.15, 0.2) is 0 Å². The number of rotatable bonds is 6. The molecular formula is C15H19F6N3O3S. The summed E-state index contributed by atoms with van der Waals surface area (Å²) in [6.45, 7) is 4.30. The maximum Gasteiger partial charge on any atom is 0.420 e. The number of hydrazine groups is 1. The molecule has 0 heterocycles. The fourth-order valence-electron chi connectivity index (χ4n) is 2.22. The number of carbonyl (C=O) groups is 1. The van der Waals surface area contributed by atoms with Crippen molar-refractivity contribution in [2.45, 2.75) is 55.9 Å². The number of hydrogen-bond donors (Lipinski definition) is 3. The first-order valence-corrected chi connectivity index (χ1v) is 9.39. The van der Waals surface area contributed by atoms with E-state index in [1.54, 1.807) is 0 Å². The van der Waals surface area contributed by atoms with Crippen molar-refractivity contribution < 1.29 is 39.6 Å². The van der Waals surface area contributed by atoms with Crippen molar-refractivity contribution in [2.75, 3.05) is 0 Å². The Morgan fingerprint density at radius 1 is 1.00 bits per heavy atom. The van der Waals surface area contributed by atoms with Gasteiger partial charge in [-0.1, -0.05) is 32.9 Å². The van der Waals surface area contributed by atoms with Crippen LogP contribution >= 0.6 is 0 Å². The molecule has 0 aliphatic heterocycles. The highest BCUT2D eigenvalue weighted by Gasteiger charge is 2.70. The van der Waals surface area contributed by atoms with Crippen LogP contribution in [0.4, 0.5) is 31.1 Å². The maximum absolute atomic E-state index is 13.0. The first-order chi connectivity index (χ1) is 12.6. The minimum Gasteiger partial charge on any atom is -0.315 e. The third-order valence-electron chi connectivity index (χ3n) is 3.98. The molecule has 0 saturated heterocycles. The Hall–Kier alpha value is -2.02. The lowest BCUT2D eigenvalue weighted by molar-refractivity contribution is -0.304. The standard InChI is InChI=1S/C15H19F6N3O3S/c1-4-13(14(16,17)18,15(19,20)21)22-12(25)23-24-28(26,27)11-7-5-10(6-8-11)9(2)3/h5-9,24H,4H2,1-3H3,(H2,22,23,25). The van der Waals surface area contributed by atoms with Crippen molar-refractivity contribution in [1.82, 2.24) is 15.6 Å². The molecule has 3 N–H and O–H groups in total. The molecule has 0 unspecified atom stereocenters. The van der Waals surface area contributed by atoms with Gasteiger partial charge >= 0.3 is 18.4 Å². The Morgan fingerprint density at radius 2 is 1.46 bits per heavy atom. The van der Waals surface area contributed by atoms with Crippen LogP contribution in [0, 0.1) is 0 Å². The molecule has 0 aliphatic carbocycles. The Balaban J connectivity index is 2.95. The second-order valence-electron chi connectivity index (χ2n) is 6.16. The first kappa shape index (κ1) is 24.0. The Morgan fingerprint density at radius 3 is 1.82 bits per heavy atom. The van der Waals surface area contributed by atoms with E-state index in [0.717, 1.165) is 10.9 Å². The molecule has 1 rings (SSSR count). The molecule has 0 bridgehead atoms. The number of amides is 2. The summed E-state index contributed by atoms with van der Waals surface area (Å²) in [6, 6.07) is 3.31. The predicted octanol–water partition coefficient (Wildman–Crippen LogP) is 3.58. The van der Waals surface area contributed by atoms with E-state index in [-0.39, 0.29) is 10.8 Å². The van der Waals surface area contributed by atoms with Crippen LogP contribution < -0.4 is 15.6 Å². The first-order valence-electron chi connectivity index (χ1n) is 7.91. The summed E-state index contributed by atoms with van der Waals surface area (Å²) in [7, 11) is -4.42. The highest BCUT2D eigenvalue weighted by Crippen LogP contribution is 2.45. The maximum atomic E-state index is 13.0. The van der Waals surface area contributed by atoms with Crippen LogP contribution in [0.15, 0.2) is 29.2 Å². The van der Waals surface area contributed by atoms with Crippen molar-refractivity contribution in [3.8, 4) is 0 Å². The lowest BCUT2D eigenvalue weighted by atomic mass is 9.94. The quantitative estimate of drug-likeness (QED) is 0.472. The number of alkyl halides is 6. The lowest BCUT2D eigenvalue weighted by Gasteiger charge is -2.36. The highest BCUT2D eigenvalue weighted by atomic mass is 32.2. The molecule has 6 nitrogen and oxygen atoms in total. The summed E-state index contributed by atoms with van der Waals surface area (Å²) in [5, 5.41) is 0.781. The molecule has 13 heteroatoms. The number of carbonyl (C=O) groups excluding carboxylic acids is 1. The van der Waals surface area contributed by atoms with Crippen LogP contribution in [0.2, 0.25) is 0 Å². The zero-order chi connectivity index (χ0) is 22.0. The molecule has 28 heavy (non-hydrogen) atoms. The number of benzene rings is 1. The lowest BCUT2D eigenvalue weighted by Crippen LogP contribution is -2.69. The molecule has 0 spiro atoms. The SMILES string of the molecule is CCC(NC(=O)NNS(=O)(=O)c1ccc(C(C)C)cc1)(C(F)(F)F)C(F)(F)F. The molecule has 160 valence electrons. The van der Waals surface area contributed by atoms with Crippen LogP contribution in [-0.2, 0) is 10.0 Å². The normalized spacial score (nSPS) is 13.5. The largest absolute Gasteiger partial charge is 0.420 e. The fourth-order valence-corrected chi connectivity index (χ4v) is 3.06. The van der Waals surface area contributed by atoms with Gasteiger partial charge in [0, 0.05) is 0 Å². The minimum atomic E-state index is -5.86. The number of halogens is 6. The summed E-state index contributed by atoms with van der Waals surface area (Å²) in [5.74, 6) is 0.0977. The molecule has 0 saturated carbocycles. The minimum absolute atomic E-state index is 0.0977. The van der Waals surface area contributed by atoms with Gasteiger partial charge in [-0.25, -0.2) is 13.2 Å². The number of sulfonamides is 1. The third kappa shape index (κ3) is 5.07. The third-order valence-corrected chi connectivity index (χ3v) is 5.24. The second kappa shape index (κ2) is 8.15. The summed E-state index contributed by atoms with van der Waals surface area (Å²) in [5.41, 5.74) is -2.43. The molecule has 2 amide bonds. The summed E-state index contributed by atoms with van der Waals surface area (Å²) in [6.07, 6.45) is -13.3. The monoisotopic (exact) mass is 435 g/mol. The highest BCUT2D eigenvalue weighted by molar-refractivity contribution is 7.89. The van der Waals surface area contributed by atoms with Gasteiger partial charge in [-0.05, 0) is 30.0 Å². The van der Waals surface area contributed by atoms with E-state index in [0.29, 0.717) is 6.92 Å². The number of urea groups is 1. The average molecular weight is 435 g/mol. The summed E-state index contributed by atoms with van der Waals surface area (Å²) >= 11 is 0. The van der Waals surface area contributed by atoms with Crippen molar-refractivity contribution in [3.05, 3.63) is 29.8 Å². The van der Waals surface area contributed by atoms with Gasteiger partial charge in [0.25, 0.3) is 10.0 Å². The van der Waals surface area contributed by atoms with Gasteiger partial charge in [-0.2, -0.15) is 26.3 Å². The zero-order valence-corrected chi connectivity index (χ0v) is 15.8. The molecule has 0 fully saturated rings. The molecule has 1 aromatic carbocycles. The predicted molar refractivity (Wildman–Crippen MR) is 87.7 cm³/mol. The van der Waals surface area contributed by atoms with Crippen molar-refractivity contribution >= 4 is 16.1 Å². The second-order valence-corrected chi connectivity index (χ2v) is 7.85. The molecule has 0 aliphatic rings. The summed E-state index contributed by atoms with van der Waals surface area (Å²) in [4.78, 5) is 12.7. The summed E-state index contributed by atoms with van der Waals surface area (Å²) < 4.78 is 102.